The second kappa shape index (κ2) is 6.37. The van der Waals surface area contributed by atoms with Crippen molar-refractivity contribution in [2.24, 2.45) is 0 Å². The van der Waals surface area contributed by atoms with Crippen LogP contribution in [0.5, 0.6) is 11.5 Å². The van der Waals surface area contributed by atoms with Gasteiger partial charge in [0.15, 0.2) is 0 Å². The number of methoxy groups -OCH3 is 1. The maximum Gasteiger partial charge on any atom is 0.259 e. The third-order valence-electron chi connectivity index (χ3n) is 2.93. The Morgan fingerprint density at radius 3 is 2.67 bits per heavy atom. The first-order chi connectivity index (χ1) is 9.92. The van der Waals surface area contributed by atoms with Crippen LogP contribution in [-0.4, -0.2) is 18.1 Å². The van der Waals surface area contributed by atoms with Gasteiger partial charge in [-0.25, -0.2) is 0 Å². The Labute approximate surface area is 135 Å². The molecule has 0 fully saturated rings. The number of carbonyl (C=O) groups excluding carboxylic acids is 1. The summed E-state index contributed by atoms with van der Waals surface area (Å²) in [6.45, 7) is 1.83. The maximum absolute atomic E-state index is 12.2. The zero-order valence-corrected chi connectivity index (χ0v) is 13.7. The number of hydrogen-bond acceptors (Lipinski definition) is 3. The van der Waals surface area contributed by atoms with E-state index in [1.54, 1.807) is 18.2 Å². The molecule has 4 nitrogen and oxygen atoms in total. The van der Waals surface area contributed by atoms with Crippen molar-refractivity contribution in [1.29, 1.82) is 0 Å². The predicted octanol–water partition coefficient (Wildman–Crippen LogP) is 4.38. The van der Waals surface area contributed by atoms with Crippen molar-refractivity contribution in [2.45, 2.75) is 6.92 Å². The molecule has 0 saturated heterocycles. The lowest BCUT2D eigenvalue weighted by Crippen LogP contribution is -2.13. The summed E-state index contributed by atoms with van der Waals surface area (Å²) in [6.07, 6.45) is 0. The Bertz CT molecular complexity index is 704. The van der Waals surface area contributed by atoms with Gasteiger partial charge in [0, 0.05) is 15.6 Å². The first-order valence-corrected chi connectivity index (χ1v) is 7.23. The van der Waals surface area contributed by atoms with Gasteiger partial charge in [0.05, 0.1) is 18.4 Å². The molecule has 0 atom stereocenters. The maximum atomic E-state index is 12.2. The Balaban J connectivity index is 2.33. The van der Waals surface area contributed by atoms with E-state index in [0.29, 0.717) is 20.9 Å². The van der Waals surface area contributed by atoms with Gasteiger partial charge >= 0.3 is 0 Å². The number of ether oxygens (including phenoxy) is 1. The average Bonchev–Trinajstić information content (AvgIpc) is 2.42. The van der Waals surface area contributed by atoms with Crippen LogP contribution in [0.2, 0.25) is 5.02 Å². The number of carbonyl (C=O) groups is 1. The van der Waals surface area contributed by atoms with Gasteiger partial charge in [-0.3, -0.25) is 4.79 Å². The summed E-state index contributed by atoms with van der Waals surface area (Å²) in [4.78, 5) is 12.2. The lowest BCUT2D eigenvalue weighted by molar-refractivity contribution is 0.102. The fourth-order valence-corrected chi connectivity index (χ4v) is 2.32. The number of halogens is 2. The summed E-state index contributed by atoms with van der Waals surface area (Å²) in [5.74, 6) is -0.0814. The van der Waals surface area contributed by atoms with Gasteiger partial charge in [0.2, 0.25) is 0 Å². The fraction of sp³-hybridized carbons (Fsp3) is 0.133. The van der Waals surface area contributed by atoms with E-state index in [4.69, 9.17) is 16.3 Å². The van der Waals surface area contributed by atoms with Crippen molar-refractivity contribution < 1.29 is 14.6 Å². The van der Waals surface area contributed by atoms with E-state index >= 15 is 0 Å². The Morgan fingerprint density at radius 2 is 2.05 bits per heavy atom. The number of aromatic hydroxyl groups is 1. The molecule has 0 aliphatic heterocycles. The first kappa shape index (κ1) is 15.7. The average molecular weight is 371 g/mol. The molecule has 0 aliphatic rings. The molecule has 0 heterocycles. The van der Waals surface area contributed by atoms with E-state index in [1.807, 2.05) is 6.92 Å². The SMILES string of the molecule is COc1cc(Cl)c(C)cc1NC(=O)c1ccc(Br)cc1O. The molecule has 0 unspecified atom stereocenters. The van der Waals surface area contributed by atoms with Gasteiger partial charge in [0.25, 0.3) is 5.91 Å². The lowest BCUT2D eigenvalue weighted by atomic mass is 10.1. The standard InChI is InChI=1S/C15H13BrClNO3/c1-8-5-12(14(21-2)7-11(8)17)18-15(20)10-4-3-9(16)6-13(10)19/h3-7,19H,1-2H3,(H,18,20). The number of rotatable bonds is 3. The zero-order chi connectivity index (χ0) is 15.6. The van der Waals surface area contributed by atoms with Crippen molar-refractivity contribution in [2.75, 3.05) is 12.4 Å². The van der Waals surface area contributed by atoms with Crippen LogP contribution in [0.15, 0.2) is 34.8 Å². The van der Waals surface area contributed by atoms with Crippen molar-refractivity contribution in [3.05, 3.63) is 51.0 Å². The number of nitrogens with one attached hydrogen (secondary N) is 1. The molecular weight excluding hydrogens is 358 g/mol. The Morgan fingerprint density at radius 1 is 1.33 bits per heavy atom. The van der Waals surface area contributed by atoms with Crippen LogP contribution >= 0.6 is 27.5 Å². The summed E-state index contributed by atoms with van der Waals surface area (Å²) in [5.41, 5.74) is 1.48. The number of hydrogen-bond donors (Lipinski definition) is 2. The molecule has 1 amide bonds. The Kier molecular flexibility index (Phi) is 4.75. The van der Waals surface area contributed by atoms with Crippen LogP contribution < -0.4 is 10.1 Å². The van der Waals surface area contributed by atoms with Crippen molar-refractivity contribution >= 4 is 39.1 Å². The summed E-state index contributed by atoms with van der Waals surface area (Å²) in [7, 11) is 1.49. The number of benzene rings is 2. The largest absolute Gasteiger partial charge is 0.507 e. The van der Waals surface area contributed by atoms with Crippen LogP contribution in [-0.2, 0) is 0 Å². The topological polar surface area (TPSA) is 58.6 Å². The van der Waals surface area contributed by atoms with E-state index in [2.05, 4.69) is 21.2 Å². The molecule has 2 rings (SSSR count). The van der Waals surface area contributed by atoms with Crippen molar-refractivity contribution in [3.8, 4) is 11.5 Å². The van der Waals surface area contributed by atoms with E-state index in [9.17, 15) is 9.90 Å². The highest BCUT2D eigenvalue weighted by molar-refractivity contribution is 9.10. The number of amides is 1. The molecule has 0 saturated carbocycles. The number of phenolic OH excluding ortho intramolecular Hbond substituents is 1. The second-order valence-electron chi connectivity index (χ2n) is 4.42. The quantitative estimate of drug-likeness (QED) is 0.843. The molecule has 21 heavy (non-hydrogen) atoms. The molecule has 6 heteroatoms. The summed E-state index contributed by atoms with van der Waals surface area (Å²) < 4.78 is 5.89. The van der Waals surface area contributed by atoms with E-state index in [1.165, 1.54) is 19.2 Å². The molecule has 0 radical (unpaired) electrons. The minimum atomic E-state index is -0.431. The number of anilines is 1. The van der Waals surface area contributed by atoms with Gasteiger partial charge in [-0.2, -0.15) is 0 Å². The highest BCUT2D eigenvalue weighted by Gasteiger charge is 2.15. The van der Waals surface area contributed by atoms with Crippen LogP contribution in [0, 0.1) is 6.92 Å². The lowest BCUT2D eigenvalue weighted by Gasteiger charge is -2.13. The van der Waals surface area contributed by atoms with Gasteiger partial charge < -0.3 is 15.2 Å². The summed E-state index contributed by atoms with van der Waals surface area (Å²) in [5, 5.41) is 13.1. The predicted molar refractivity (Wildman–Crippen MR) is 86.5 cm³/mol. The Hall–Kier alpha value is -1.72. The van der Waals surface area contributed by atoms with Crippen molar-refractivity contribution in [3.63, 3.8) is 0 Å². The van der Waals surface area contributed by atoms with Gasteiger partial charge in [-0.15, -0.1) is 0 Å². The third-order valence-corrected chi connectivity index (χ3v) is 3.83. The highest BCUT2D eigenvalue weighted by atomic mass is 79.9. The number of phenols is 1. The van der Waals surface area contributed by atoms with Gasteiger partial charge in [0.1, 0.15) is 11.5 Å². The van der Waals surface area contributed by atoms with Crippen LogP contribution in [0.25, 0.3) is 0 Å². The van der Waals surface area contributed by atoms with E-state index in [0.717, 1.165) is 5.56 Å². The first-order valence-electron chi connectivity index (χ1n) is 6.06. The van der Waals surface area contributed by atoms with Crippen molar-refractivity contribution in [1.82, 2.24) is 0 Å². The molecule has 2 N–H and O–H groups in total. The van der Waals surface area contributed by atoms with Crippen LogP contribution in [0.1, 0.15) is 15.9 Å². The molecule has 110 valence electrons. The summed E-state index contributed by atoms with van der Waals surface area (Å²) >= 11 is 9.25. The van der Waals surface area contributed by atoms with Crippen LogP contribution in [0.3, 0.4) is 0 Å². The zero-order valence-electron chi connectivity index (χ0n) is 11.4. The van der Waals surface area contributed by atoms with Crippen LogP contribution in [0.4, 0.5) is 5.69 Å². The van der Waals surface area contributed by atoms with Gasteiger partial charge in [-0.1, -0.05) is 27.5 Å². The molecule has 0 spiro atoms. The monoisotopic (exact) mass is 369 g/mol. The minimum absolute atomic E-state index is 0.105. The van der Waals surface area contributed by atoms with E-state index < -0.39 is 5.91 Å². The molecule has 0 aromatic heterocycles. The fourth-order valence-electron chi connectivity index (χ4n) is 1.82. The molecule has 2 aromatic rings. The molecule has 0 bridgehead atoms. The second-order valence-corrected chi connectivity index (χ2v) is 5.74. The van der Waals surface area contributed by atoms with Gasteiger partial charge in [-0.05, 0) is 36.8 Å². The number of aryl methyl sites for hydroxylation is 1. The molecular formula is C15H13BrClNO3. The molecule has 2 aromatic carbocycles. The van der Waals surface area contributed by atoms with E-state index in [-0.39, 0.29) is 11.3 Å². The third kappa shape index (κ3) is 3.49. The molecule has 0 aliphatic carbocycles. The minimum Gasteiger partial charge on any atom is -0.507 e. The normalized spacial score (nSPS) is 10.3. The smallest absolute Gasteiger partial charge is 0.259 e. The summed E-state index contributed by atoms with van der Waals surface area (Å²) in [6, 6.07) is 8.02. The highest BCUT2D eigenvalue weighted by Crippen LogP contribution is 2.32.